The van der Waals surface area contributed by atoms with Crippen molar-refractivity contribution < 1.29 is 0 Å². The zero-order valence-electron chi connectivity index (χ0n) is 10.2. The molecule has 2 N–H and O–H groups in total. The van der Waals surface area contributed by atoms with Crippen LogP contribution >= 0.6 is 0 Å². The highest BCUT2D eigenvalue weighted by Crippen LogP contribution is 2.13. The van der Waals surface area contributed by atoms with Crippen LogP contribution in [0, 0.1) is 0 Å². The number of nitrogens with zero attached hydrogens (tertiary/aromatic N) is 4. The molecule has 5 heteroatoms. The Morgan fingerprint density at radius 1 is 1.41 bits per heavy atom. The van der Waals surface area contributed by atoms with Crippen molar-refractivity contribution in [2.24, 2.45) is 12.8 Å². The Balaban J connectivity index is 2.13. The van der Waals surface area contributed by atoms with Crippen molar-refractivity contribution in [3.05, 3.63) is 41.7 Å². The van der Waals surface area contributed by atoms with Crippen LogP contribution in [-0.4, -0.2) is 19.7 Å². The summed E-state index contributed by atoms with van der Waals surface area (Å²) in [5, 5.41) is 4.40. The lowest BCUT2D eigenvalue weighted by Gasteiger charge is -2.10. The Kier molecular flexibility index (Phi) is 3.49. The molecule has 0 spiro atoms. The predicted molar refractivity (Wildman–Crippen MR) is 65.3 cm³/mol. The molecule has 0 saturated heterocycles. The van der Waals surface area contributed by atoms with Gasteiger partial charge in [0, 0.05) is 37.8 Å². The molecule has 17 heavy (non-hydrogen) atoms. The molecule has 1 unspecified atom stereocenters. The summed E-state index contributed by atoms with van der Waals surface area (Å²) in [6.07, 6.45) is 6.68. The van der Waals surface area contributed by atoms with Crippen LogP contribution in [0.4, 0.5) is 0 Å². The Hall–Kier alpha value is -1.75. The van der Waals surface area contributed by atoms with Crippen molar-refractivity contribution in [2.75, 3.05) is 0 Å². The van der Waals surface area contributed by atoms with E-state index in [4.69, 9.17) is 5.73 Å². The van der Waals surface area contributed by atoms with Crippen LogP contribution in [0.2, 0.25) is 0 Å². The number of aryl methyl sites for hydroxylation is 2. The first-order valence-corrected chi connectivity index (χ1v) is 5.74. The maximum absolute atomic E-state index is 6.10. The van der Waals surface area contributed by atoms with Gasteiger partial charge in [-0.05, 0) is 12.5 Å². The maximum Gasteiger partial charge on any atom is 0.0757 e. The fourth-order valence-electron chi connectivity index (χ4n) is 1.77. The number of aromatic nitrogens is 4. The van der Waals surface area contributed by atoms with E-state index in [1.54, 1.807) is 18.6 Å². The Morgan fingerprint density at radius 3 is 2.82 bits per heavy atom. The number of nitrogens with two attached hydrogens (primary N) is 1. The first-order valence-electron chi connectivity index (χ1n) is 5.74. The van der Waals surface area contributed by atoms with Crippen LogP contribution in [-0.2, 0) is 19.9 Å². The number of hydrogen-bond acceptors (Lipinski definition) is 4. The molecule has 1 atom stereocenters. The zero-order chi connectivity index (χ0) is 12.3. The van der Waals surface area contributed by atoms with Crippen LogP contribution in [0.5, 0.6) is 0 Å². The molecule has 0 fully saturated rings. The molecule has 0 aliphatic heterocycles. The second kappa shape index (κ2) is 5.05. The standard InChI is InChI=1S/C12H17N5/c1-3-9-6-10(17(2)16-9)7-11(13)12-8-14-4-5-15-12/h4-6,8,11H,3,7,13H2,1-2H3. The van der Waals surface area contributed by atoms with Gasteiger partial charge in [-0.25, -0.2) is 0 Å². The SMILES string of the molecule is CCc1cc(CC(N)c2cnccn2)n(C)n1. The van der Waals surface area contributed by atoms with Crippen LogP contribution in [0.25, 0.3) is 0 Å². The average molecular weight is 231 g/mol. The van der Waals surface area contributed by atoms with E-state index in [0.717, 1.165) is 29.9 Å². The van der Waals surface area contributed by atoms with Gasteiger partial charge >= 0.3 is 0 Å². The second-order valence-electron chi connectivity index (χ2n) is 4.05. The molecule has 0 bridgehead atoms. The summed E-state index contributed by atoms with van der Waals surface area (Å²) >= 11 is 0. The quantitative estimate of drug-likeness (QED) is 0.852. The van der Waals surface area contributed by atoms with E-state index in [-0.39, 0.29) is 6.04 Å². The van der Waals surface area contributed by atoms with E-state index in [2.05, 4.69) is 28.1 Å². The van der Waals surface area contributed by atoms with Gasteiger partial charge in [-0.2, -0.15) is 5.10 Å². The summed E-state index contributed by atoms with van der Waals surface area (Å²) in [5.41, 5.74) is 9.13. The summed E-state index contributed by atoms with van der Waals surface area (Å²) in [4.78, 5) is 8.24. The van der Waals surface area contributed by atoms with Crippen LogP contribution in [0.3, 0.4) is 0 Å². The summed E-state index contributed by atoms with van der Waals surface area (Å²) < 4.78 is 1.88. The van der Waals surface area contributed by atoms with Gasteiger partial charge in [0.05, 0.1) is 17.4 Å². The minimum absolute atomic E-state index is 0.135. The monoisotopic (exact) mass is 231 g/mol. The van der Waals surface area contributed by atoms with Gasteiger partial charge in [0.1, 0.15) is 0 Å². The summed E-state index contributed by atoms with van der Waals surface area (Å²) in [7, 11) is 1.94. The van der Waals surface area contributed by atoms with Crippen molar-refractivity contribution in [3.63, 3.8) is 0 Å². The fraction of sp³-hybridized carbons (Fsp3) is 0.417. The lowest BCUT2D eigenvalue weighted by atomic mass is 10.1. The molecule has 90 valence electrons. The van der Waals surface area contributed by atoms with E-state index >= 15 is 0 Å². The normalized spacial score (nSPS) is 12.6. The van der Waals surface area contributed by atoms with E-state index in [9.17, 15) is 0 Å². The van der Waals surface area contributed by atoms with Gasteiger partial charge in [-0.3, -0.25) is 14.6 Å². The van der Waals surface area contributed by atoms with E-state index in [0.29, 0.717) is 0 Å². The minimum Gasteiger partial charge on any atom is -0.322 e. The Labute approximate surface area is 101 Å². The number of rotatable bonds is 4. The molecule has 2 heterocycles. The van der Waals surface area contributed by atoms with E-state index in [1.807, 2.05) is 11.7 Å². The largest absolute Gasteiger partial charge is 0.322 e. The molecular weight excluding hydrogens is 214 g/mol. The first-order chi connectivity index (χ1) is 8.20. The van der Waals surface area contributed by atoms with E-state index < -0.39 is 0 Å². The van der Waals surface area contributed by atoms with Crippen LogP contribution in [0.15, 0.2) is 24.7 Å². The smallest absolute Gasteiger partial charge is 0.0757 e. The Bertz CT molecular complexity index is 477. The van der Waals surface area contributed by atoms with Gasteiger partial charge in [-0.15, -0.1) is 0 Å². The van der Waals surface area contributed by atoms with Crippen molar-refractivity contribution in [2.45, 2.75) is 25.8 Å². The molecule has 0 amide bonds. The molecular formula is C12H17N5. The second-order valence-corrected chi connectivity index (χ2v) is 4.05. The van der Waals surface area contributed by atoms with Gasteiger partial charge in [0.25, 0.3) is 0 Å². The Morgan fingerprint density at radius 2 is 2.24 bits per heavy atom. The third kappa shape index (κ3) is 2.68. The first kappa shape index (κ1) is 11.7. The lowest BCUT2D eigenvalue weighted by molar-refractivity contribution is 0.625. The van der Waals surface area contributed by atoms with Crippen molar-refractivity contribution in [1.29, 1.82) is 0 Å². The molecule has 2 aromatic rings. The van der Waals surface area contributed by atoms with Crippen LogP contribution < -0.4 is 5.73 Å². The van der Waals surface area contributed by atoms with Crippen molar-refractivity contribution in [1.82, 2.24) is 19.7 Å². The molecule has 2 aromatic heterocycles. The average Bonchev–Trinajstić information content (AvgIpc) is 2.71. The molecule has 2 rings (SSSR count). The van der Waals surface area contributed by atoms with Crippen molar-refractivity contribution in [3.8, 4) is 0 Å². The predicted octanol–water partition coefficient (Wildman–Crippen LogP) is 1.02. The van der Waals surface area contributed by atoms with Gasteiger partial charge in [0.15, 0.2) is 0 Å². The summed E-state index contributed by atoms with van der Waals surface area (Å²) in [5.74, 6) is 0. The number of hydrogen-bond donors (Lipinski definition) is 1. The topological polar surface area (TPSA) is 69.6 Å². The van der Waals surface area contributed by atoms with Gasteiger partial charge < -0.3 is 5.73 Å². The summed E-state index contributed by atoms with van der Waals surface area (Å²) in [6, 6.07) is 1.96. The maximum atomic E-state index is 6.10. The highest BCUT2D eigenvalue weighted by molar-refractivity contribution is 5.14. The minimum atomic E-state index is -0.135. The van der Waals surface area contributed by atoms with Crippen LogP contribution in [0.1, 0.15) is 30.0 Å². The fourth-order valence-corrected chi connectivity index (χ4v) is 1.77. The van der Waals surface area contributed by atoms with Gasteiger partial charge in [-0.1, -0.05) is 6.92 Å². The zero-order valence-corrected chi connectivity index (χ0v) is 10.2. The molecule has 0 aliphatic rings. The molecule has 0 radical (unpaired) electrons. The lowest BCUT2D eigenvalue weighted by Crippen LogP contribution is -2.16. The molecule has 0 saturated carbocycles. The highest BCUT2D eigenvalue weighted by atomic mass is 15.3. The van der Waals surface area contributed by atoms with Gasteiger partial charge in [0.2, 0.25) is 0 Å². The highest BCUT2D eigenvalue weighted by Gasteiger charge is 2.12. The third-order valence-corrected chi connectivity index (χ3v) is 2.78. The third-order valence-electron chi connectivity index (χ3n) is 2.78. The summed E-state index contributed by atoms with van der Waals surface area (Å²) in [6.45, 7) is 2.09. The molecule has 0 aliphatic carbocycles. The molecule has 0 aromatic carbocycles. The van der Waals surface area contributed by atoms with E-state index in [1.165, 1.54) is 0 Å². The molecule has 5 nitrogen and oxygen atoms in total. The van der Waals surface area contributed by atoms with Crippen molar-refractivity contribution >= 4 is 0 Å².